The molecule has 1 aromatic heterocycles. The Balaban J connectivity index is 1.37. The summed E-state index contributed by atoms with van der Waals surface area (Å²) >= 11 is 0. The zero-order chi connectivity index (χ0) is 15.3. The molecule has 1 amide bonds. The summed E-state index contributed by atoms with van der Waals surface area (Å²) in [6.07, 6.45) is 6.44. The molecule has 3 aliphatic carbocycles. The molecule has 4 atom stereocenters. The van der Waals surface area contributed by atoms with Crippen molar-refractivity contribution in [2.45, 2.75) is 44.6 Å². The van der Waals surface area contributed by atoms with Crippen LogP contribution in [0.2, 0.25) is 0 Å². The highest BCUT2D eigenvalue weighted by atomic mass is 16.4. The lowest BCUT2D eigenvalue weighted by atomic mass is 9.86. The van der Waals surface area contributed by atoms with Crippen molar-refractivity contribution in [3.05, 3.63) is 29.6 Å². The molecule has 0 spiro atoms. The van der Waals surface area contributed by atoms with E-state index in [-0.39, 0.29) is 23.8 Å². The minimum Gasteiger partial charge on any atom is -0.481 e. The molecule has 4 rings (SSSR count). The number of carboxylic acid groups (broad SMARTS) is 1. The molecular formula is C17H20N2O3. The van der Waals surface area contributed by atoms with Crippen LogP contribution in [0.5, 0.6) is 0 Å². The van der Waals surface area contributed by atoms with E-state index in [4.69, 9.17) is 0 Å². The summed E-state index contributed by atoms with van der Waals surface area (Å²) in [5.74, 6) is -0.339. The third-order valence-electron chi connectivity index (χ3n) is 5.74. The van der Waals surface area contributed by atoms with Gasteiger partial charge in [0.15, 0.2) is 0 Å². The van der Waals surface area contributed by atoms with Crippen molar-refractivity contribution in [3.63, 3.8) is 0 Å². The first-order valence-electron chi connectivity index (χ1n) is 8.05. The van der Waals surface area contributed by atoms with E-state index in [0.717, 1.165) is 37.8 Å². The fourth-order valence-corrected chi connectivity index (χ4v) is 4.37. The van der Waals surface area contributed by atoms with E-state index in [1.165, 1.54) is 5.56 Å². The fourth-order valence-electron chi connectivity index (χ4n) is 4.37. The van der Waals surface area contributed by atoms with Crippen LogP contribution in [0.4, 0.5) is 0 Å². The number of aryl methyl sites for hydroxylation is 1. The summed E-state index contributed by atoms with van der Waals surface area (Å²) in [5.41, 5.74) is 1.75. The Kier molecular flexibility index (Phi) is 2.99. The van der Waals surface area contributed by atoms with Gasteiger partial charge in [0.2, 0.25) is 5.91 Å². The molecule has 2 N–H and O–H groups in total. The Morgan fingerprint density at radius 3 is 3.00 bits per heavy atom. The second-order valence-electron chi connectivity index (χ2n) is 7.06. The number of nitrogens with zero attached hydrogens (tertiary/aromatic N) is 1. The molecule has 1 heterocycles. The van der Waals surface area contributed by atoms with Crippen LogP contribution >= 0.6 is 0 Å². The van der Waals surface area contributed by atoms with Gasteiger partial charge in [0.25, 0.3) is 0 Å². The summed E-state index contributed by atoms with van der Waals surface area (Å²) in [4.78, 5) is 28.2. The van der Waals surface area contributed by atoms with Crippen LogP contribution in [0.15, 0.2) is 18.3 Å². The van der Waals surface area contributed by atoms with Gasteiger partial charge in [-0.15, -0.1) is 0 Å². The quantitative estimate of drug-likeness (QED) is 0.888. The lowest BCUT2D eigenvalue weighted by molar-refractivity contribution is -0.144. The van der Waals surface area contributed by atoms with E-state index >= 15 is 0 Å². The smallest absolute Gasteiger partial charge is 0.310 e. The lowest BCUT2D eigenvalue weighted by Crippen LogP contribution is -2.40. The first kappa shape index (κ1) is 13.7. The number of pyridine rings is 1. The van der Waals surface area contributed by atoms with Gasteiger partial charge in [-0.1, -0.05) is 6.07 Å². The summed E-state index contributed by atoms with van der Waals surface area (Å²) in [6.45, 7) is 0. The van der Waals surface area contributed by atoms with E-state index in [1.54, 1.807) is 6.20 Å². The van der Waals surface area contributed by atoms with Gasteiger partial charge in [0.1, 0.15) is 0 Å². The third-order valence-corrected chi connectivity index (χ3v) is 5.74. The Morgan fingerprint density at radius 1 is 1.36 bits per heavy atom. The average molecular weight is 300 g/mol. The van der Waals surface area contributed by atoms with Gasteiger partial charge in [-0.2, -0.15) is 0 Å². The molecule has 2 fully saturated rings. The molecule has 116 valence electrons. The van der Waals surface area contributed by atoms with Gasteiger partial charge in [-0.3, -0.25) is 14.6 Å². The maximum atomic E-state index is 12.5. The number of rotatable bonds is 3. The number of carboxylic acids is 1. The molecule has 0 bridgehead atoms. The number of carbonyl (C=O) groups excluding carboxylic acids is 1. The largest absolute Gasteiger partial charge is 0.481 e. The highest BCUT2D eigenvalue weighted by Crippen LogP contribution is 2.63. The van der Waals surface area contributed by atoms with Crippen molar-refractivity contribution in [3.8, 4) is 0 Å². The molecule has 1 unspecified atom stereocenters. The van der Waals surface area contributed by atoms with Crippen molar-refractivity contribution in [1.29, 1.82) is 0 Å². The highest BCUT2D eigenvalue weighted by molar-refractivity contribution is 5.82. The Bertz CT molecular complexity index is 645. The van der Waals surface area contributed by atoms with Crippen LogP contribution in [0.3, 0.4) is 0 Å². The summed E-state index contributed by atoms with van der Waals surface area (Å²) in [7, 11) is 0. The second kappa shape index (κ2) is 4.80. The van der Waals surface area contributed by atoms with Crippen molar-refractivity contribution in [1.82, 2.24) is 10.3 Å². The molecule has 3 aliphatic rings. The molecule has 2 saturated carbocycles. The number of nitrogens with one attached hydrogen (secondary N) is 1. The number of fused-ring (bicyclic) bond motifs is 2. The summed E-state index contributed by atoms with van der Waals surface area (Å²) in [5, 5.41) is 12.4. The van der Waals surface area contributed by atoms with E-state index < -0.39 is 11.4 Å². The number of hydrogen-bond donors (Lipinski definition) is 2. The SMILES string of the molecule is O=C(N[C@H]1C[C@@H]2C[C@]2(C(=O)O)C1)C1CCc2ncccc2C1. The standard InChI is InChI=1S/C17H20N2O3/c20-15(11-3-4-14-10(6-11)2-1-5-18-14)19-13-7-12-8-17(12,9-13)16(21)22/h1-2,5,11-13H,3-4,6-9H2,(H,19,20)(H,21,22)/t11?,12-,13+,17+/m1/s1. The number of amides is 1. The van der Waals surface area contributed by atoms with Crippen molar-refractivity contribution in [2.75, 3.05) is 0 Å². The van der Waals surface area contributed by atoms with Crippen LogP contribution in [0.1, 0.15) is 36.9 Å². The van der Waals surface area contributed by atoms with Gasteiger partial charge < -0.3 is 10.4 Å². The Morgan fingerprint density at radius 2 is 2.23 bits per heavy atom. The Hall–Kier alpha value is -1.91. The number of aromatic nitrogens is 1. The van der Waals surface area contributed by atoms with Gasteiger partial charge >= 0.3 is 5.97 Å². The van der Waals surface area contributed by atoms with Crippen LogP contribution in [0, 0.1) is 17.3 Å². The number of carbonyl (C=O) groups is 2. The molecule has 0 saturated heterocycles. The van der Waals surface area contributed by atoms with Gasteiger partial charge in [0.05, 0.1) is 5.41 Å². The van der Waals surface area contributed by atoms with Crippen LogP contribution in [-0.4, -0.2) is 28.0 Å². The van der Waals surface area contributed by atoms with Gasteiger partial charge in [-0.05, 0) is 56.1 Å². The average Bonchev–Trinajstić information content (AvgIpc) is 3.10. The monoisotopic (exact) mass is 300 g/mol. The van der Waals surface area contributed by atoms with Gasteiger partial charge in [-0.25, -0.2) is 0 Å². The Labute approximate surface area is 129 Å². The fraction of sp³-hybridized carbons (Fsp3) is 0.588. The maximum absolute atomic E-state index is 12.5. The molecule has 1 aromatic rings. The van der Waals surface area contributed by atoms with Crippen molar-refractivity contribution in [2.24, 2.45) is 17.3 Å². The van der Waals surface area contributed by atoms with E-state index in [9.17, 15) is 14.7 Å². The molecule has 0 radical (unpaired) electrons. The van der Waals surface area contributed by atoms with Crippen LogP contribution in [0.25, 0.3) is 0 Å². The molecular weight excluding hydrogens is 280 g/mol. The predicted molar refractivity (Wildman–Crippen MR) is 79.1 cm³/mol. The highest BCUT2D eigenvalue weighted by Gasteiger charge is 2.65. The third kappa shape index (κ3) is 2.11. The molecule has 0 aliphatic heterocycles. The van der Waals surface area contributed by atoms with E-state index in [1.807, 2.05) is 12.1 Å². The molecule has 0 aromatic carbocycles. The van der Waals surface area contributed by atoms with E-state index in [2.05, 4.69) is 10.3 Å². The first-order valence-corrected chi connectivity index (χ1v) is 8.05. The zero-order valence-electron chi connectivity index (χ0n) is 12.4. The van der Waals surface area contributed by atoms with Crippen molar-refractivity contribution < 1.29 is 14.7 Å². The maximum Gasteiger partial charge on any atom is 0.310 e. The van der Waals surface area contributed by atoms with Crippen LogP contribution in [-0.2, 0) is 22.4 Å². The zero-order valence-corrected chi connectivity index (χ0v) is 12.4. The van der Waals surface area contributed by atoms with E-state index in [0.29, 0.717) is 6.42 Å². The van der Waals surface area contributed by atoms with Crippen molar-refractivity contribution >= 4 is 11.9 Å². The minimum atomic E-state index is -0.688. The van der Waals surface area contributed by atoms with Crippen LogP contribution < -0.4 is 5.32 Å². The normalized spacial score (nSPS) is 35.4. The second-order valence-corrected chi connectivity index (χ2v) is 7.06. The first-order chi connectivity index (χ1) is 10.6. The molecule has 22 heavy (non-hydrogen) atoms. The summed E-state index contributed by atoms with van der Waals surface area (Å²) in [6, 6.07) is 4.00. The number of hydrogen-bond acceptors (Lipinski definition) is 3. The summed E-state index contributed by atoms with van der Waals surface area (Å²) < 4.78 is 0. The molecule has 5 heteroatoms. The minimum absolute atomic E-state index is 0.00518. The lowest BCUT2D eigenvalue weighted by Gasteiger charge is -2.25. The topological polar surface area (TPSA) is 79.3 Å². The molecule has 5 nitrogen and oxygen atoms in total. The van der Waals surface area contributed by atoms with Gasteiger partial charge in [0, 0.05) is 23.9 Å². The predicted octanol–water partition coefficient (Wildman–Crippen LogP) is 1.56. The number of aliphatic carboxylic acids is 1.